The number of hydrogen-bond donors (Lipinski definition) is 1. The minimum absolute atomic E-state index is 0.0200. The first-order valence-corrected chi connectivity index (χ1v) is 7.25. The van der Waals surface area contributed by atoms with Crippen LogP contribution in [-0.4, -0.2) is 41.4 Å². The Balaban J connectivity index is 2.26. The van der Waals surface area contributed by atoms with E-state index in [-0.39, 0.29) is 5.75 Å². The second-order valence-corrected chi connectivity index (χ2v) is 5.38. The molecule has 20 heavy (non-hydrogen) atoms. The Bertz CT molecular complexity index is 619. The van der Waals surface area contributed by atoms with Crippen LogP contribution in [0, 0.1) is 6.92 Å². The van der Waals surface area contributed by atoms with Crippen molar-refractivity contribution >= 4 is 17.7 Å². The van der Waals surface area contributed by atoms with E-state index in [9.17, 15) is 4.79 Å². The van der Waals surface area contributed by atoms with Gasteiger partial charge in [-0.3, -0.25) is 9.48 Å². The first-order valence-electron chi connectivity index (χ1n) is 6.27. The first kappa shape index (κ1) is 14.6. The summed E-state index contributed by atoms with van der Waals surface area (Å²) in [4.78, 5) is 10.7. The zero-order chi connectivity index (χ0) is 14.7. The van der Waals surface area contributed by atoms with E-state index in [1.807, 2.05) is 31.7 Å². The van der Waals surface area contributed by atoms with Crippen molar-refractivity contribution in [2.45, 2.75) is 32.0 Å². The third-order valence-corrected chi connectivity index (χ3v) is 3.83. The lowest BCUT2D eigenvalue weighted by atomic mass is 10.2. The summed E-state index contributed by atoms with van der Waals surface area (Å²) in [5.41, 5.74) is 2.04. The molecule has 2 aromatic heterocycles. The number of aliphatic carboxylic acids is 1. The van der Waals surface area contributed by atoms with Crippen LogP contribution in [0.15, 0.2) is 11.4 Å². The van der Waals surface area contributed by atoms with E-state index >= 15 is 0 Å². The molecule has 7 nitrogen and oxygen atoms in total. The van der Waals surface area contributed by atoms with Gasteiger partial charge in [-0.25, -0.2) is 0 Å². The van der Waals surface area contributed by atoms with E-state index in [0.29, 0.717) is 11.7 Å². The fraction of sp³-hybridized carbons (Fsp3) is 0.500. The van der Waals surface area contributed by atoms with Gasteiger partial charge in [0.25, 0.3) is 0 Å². The van der Waals surface area contributed by atoms with Crippen molar-refractivity contribution in [2.75, 3.05) is 5.75 Å². The normalized spacial score (nSPS) is 10.9. The molecule has 0 unspecified atom stereocenters. The molecule has 1 N–H and O–H groups in total. The van der Waals surface area contributed by atoms with Crippen LogP contribution in [0.25, 0.3) is 0 Å². The average Bonchev–Trinajstić information content (AvgIpc) is 2.91. The molecule has 0 saturated heterocycles. The molecule has 0 amide bonds. The average molecular weight is 295 g/mol. The van der Waals surface area contributed by atoms with Gasteiger partial charge >= 0.3 is 5.97 Å². The molecule has 0 spiro atoms. The second-order valence-electron chi connectivity index (χ2n) is 4.43. The highest BCUT2D eigenvalue weighted by atomic mass is 32.2. The maximum absolute atomic E-state index is 10.7. The molecule has 0 aliphatic rings. The smallest absolute Gasteiger partial charge is 0.313 e. The molecule has 0 saturated carbocycles. The molecule has 0 fully saturated rings. The number of hydrogen-bond acceptors (Lipinski definition) is 5. The van der Waals surface area contributed by atoms with Crippen molar-refractivity contribution in [3.8, 4) is 0 Å². The number of aryl methyl sites for hydroxylation is 3. The number of rotatable bonds is 6. The van der Waals surface area contributed by atoms with Gasteiger partial charge in [0.1, 0.15) is 5.82 Å². The molecule has 0 aliphatic carbocycles. The van der Waals surface area contributed by atoms with E-state index in [4.69, 9.17) is 5.11 Å². The fourth-order valence-corrected chi connectivity index (χ4v) is 2.62. The summed E-state index contributed by atoms with van der Waals surface area (Å²) >= 11 is 1.19. The summed E-state index contributed by atoms with van der Waals surface area (Å²) in [5.74, 6) is -0.0327. The lowest BCUT2D eigenvalue weighted by Gasteiger charge is -2.07. The SMILES string of the molecule is CCc1nnc(SCC(=O)O)n1Cc1cn(C)nc1C. The minimum atomic E-state index is -0.861. The van der Waals surface area contributed by atoms with Crippen LogP contribution in [-0.2, 0) is 24.8 Å². The van der Waals surface area contributed by atoms with Crippen LogP contribution in [0.2, 0.25) is 0 Å². The molecule has 2 aromatic rings. The number of nitrogens with zero attached hydrogens (tertiary/aromatic N) is 5. The molecule has 0 atom stereocenters. The molecule has 8 heteroatoms. The van der Waals surface area contributed by atoms with E-state index in [0.717, 1.165) is 23.5 Å². The molecule has 0 aromatic carbocycles. The topological polar surface area (TPSA) is 85.8 Å². The predicted octanol–water partition coefficient (Wildman–Crippen LogP) is 1.11. The van der Waals surface area contributed by atoms with E-state index in [1.54, 1.807) is 4.68 Å². The van der Waals surface area contributed by atoms with Crippen molar-refractivity contribution in [1.29, 1.82) is 0 Å². The highest BCUT2D eigenvalue weighted by molar-refractivity contribution is 7.99. The quantitative estimate of drug-likeness (QED) is 0.803. The van der Waals surface area contributed by atoms with Crippen molar-refractivity contribution < 1.29 is 9.90 Å². The van der Waals surface area contributed by atoms with Gasteiger partial charge in [0.05, 0.1) is 18.0 Å². The second kappa shape index (κ2) is 6.08. The van der Waals surface area contributed by atoms with Gasteiger partial charge in [0, 0.05) is 25.2 Å². The Hall–Kier alpha value is -1.83. The Morgan fingerprint density at radius 3 is 2.75 bits per heavy atom. The van der Waals surface area contributed by atoms with Crippen LogP contribution in [0.3, 0.4) is 0 Å². The number of carboxylic acid groups (broad SMARTS) is 1. The molecule has 2 rings (SSSR count). The number of thioether (sulfide) groups is 1. The predicted molar refractivity (Wildman–Crippen MR) is 74.8 cm³/mol. The van der Waals surface area contributed by atoms with Gasteiger partial charge in [-0.05, 0) is 6.92 Å². The largest absolute Gasteiger partial charge is 0.481 e. The highest BCUT2D eigenvalue weighted by Gasteiger charge is 2.15. The highest BCUT2D eigenvalue weighted by Crippen LogP contribution is 2.19. The van der Waals surface area contributed by atoms with Crippen LogP contribution in [0.1, 0.15) is 24.0 Å². The molecule has 2 heterocycles. The standard InChI is InChI=1S/C12H17N5O2S/c1-4-10-13-14-12(20-7-11(18)19)17(10)6-9-5-16(3)15-8(9)2/h5H,4,6-7H2,1-3H3,(H,18,19). The van der Waals surface area contributed by atoms with Crippen molar-refractivity contribution in [2.24, 2.45) is 7.05 Å². The number of carboxylic acids is 1. The van der Waals surface area contributed by atoms with Crippen molar-refractivity contribution in [1.82, 2.24) is 24.5 Å². The van der Waals surface area contributed by atoms with E-state index < -0.39 is 5.97 Å². The molecule has 108 valence electrons. The summed E-state index contributed by atoms with van der Waals surface area (Å²) < 4.78 is 3.72. The van der Waals surface area contributed by atoms with E-state index in [1.165, 1.54) is 11.8 Å². The summed E-state index contributed by atoms with van der Waals surface area (Å²) in [7, 11) is 1.88. The van der Waals surface area contributed by atoms with Crippen LogP contribution in [0.4, 0.5) is 0 Å². The number of aromatic nitrogens is 5. The van der Waals surface area contributed by atoms with Gasteiger partial charge in [-0.15, -0.1) is 10.2 Å². The summed E-state index contributed by atoms with van der Waals surface area (Å²) in [5, 5.41) is 21.9. The zero-order valence-corrected chi connectivity index (χ0v) is 12.5. The number of carbonyl (C=O) groups is 1. The lowest BCUT2D eigenvalue weighted by Crippen LogP contribution is -2.08. The van der Waals surface area contributed by atoms with Gasteiger partial charge in [-0.2, -0.15) is 5.10 Å². The maximum Gasteiger partial charge on any atom is 0.313 e. The molecular weight excluding hydrogens is 278 g/mol. The zero-order valence-electron chi connectivity index (χ0n) is 11.7. The van der Waals surface area contributed by atoms with Crippen LogP contribution >= 0.6 is 11.8 Å². The third-order valence-electron chi connectivity index (χ3n) is 2.88. The Labute approximate surface area is 121 Å². The summed E-state index contributed by atoms with van der Waals surface area (Å²) in [6, 6.07) is 0. The molecule has 0 radical (unpaired) electrons. The monoisotopic (exact) mass is 295 g/mol. The lowest BCUT2D eigenvalue weighted by molar-refractivity contribution is -0.133. The molecule has 0 bridgehead atoms. The van der Waals surface area contributed by atoms with Gasteiger partial charge in [0.2, 0.25) is 0 Å². The third kappa shape index (κ3) is 3.19. The van der Waals surface area contributed by atoms with Crippen molar-refractivity contribution in [3.05, 3.63) is 23.3 Å². The van der Waals surface area contributed by atoms with Gasteiger partial charge < -0.3 is 9.67 Å². The maximum atomic E-state index is 10.7. The summed E-state index contributed by atoms with van der Waals surface area (Å²) in [6.07, 6.45) is 2.71. The Kier molecular flexibility index (Phi) is 4.43. The first-order chi connectivity index (χ1) is 9.51. The van der Waals surface area contributed by atoms with Crippen LogP contribution < -0.4 is 0 Å². The Morgan fingerprint density at radius 1 is 1.45 bits per heavy atom. The summed E-state index contributed by atoms with van der Waals surface area (Å²) in [6.45, 7) is 4.56. The van der Waals surface area contributed by atoms with Gasteiger partial charge in [0.15, 0.2) is 5.16 Å². The van der Waals surface area contributed by atoms with E-state index in [2.05, 4.69) is 15.3 Å². The fourth-order valence-electron chi connectivity index (χ4n) is 1.95. The molecular formula is C12H17N5O2S. The molecule has 0 aliphatic heterocycles. The Morgan fingerprint density at radius 2 is 2.20 bits per heavy atom. The van der Waals surface area contributed by atoms with Crippen molar-refractivity contribution in [3.63, 3.8) is 0 Å². The minimum Gasteiger partial charge on any atom is -0.481 e. The van der Waals surface area contributed by atoms with Gasteiger partial charge in [-0.1, -0.05) is 18.7 Å². The van der Waals surface area contributed by atoms with Crippen LogP contribution in [0.5, 0.6) is 0 Å².